The monoisotopic (exact) mass is 462 g/mol. The van der Waals surface area contributed by atoms with E-state index < -0.39 is 17.7 Å². The highest BCUT2D eigenvalue weighted by atomic mass is 19.4. The second-order valence-corrected chi connectivity index (χ2v) is 7.44. The first-order valence-corrected chi connectivity index (χ1v) is 10.1. The molecule has 0 unspecified atom stereocenters. The Labute approximate surface area is 192 Å². The number of hydrogen-bond donors (Lipinski definition) is 1. The number of halogens is 3. The summed E-state index contributed by atoms with van der Waals surface area (Å²) < 4.78 is 46.6. The van der Waals surface area contributed by atoms with E-state index in [-0.39, 0.29) is 12.2 Å². The van der Waals surface area contributed by atoms with Gasteiger partial charge in [-0.25, -0.2) is 4.79 Å². The Hall–Kier alpha value is -4.51. The predicted octanol–water partition coefficient (Wildman–Crippen LogP) is 6.31. The van der Waals surface area contributed by atoms with Crippen LogP contribution < -0.4 is 4.74 Å². The number of hydrogen-bond acceptors (Lipinski definition) is 3. The van der Waals surface area contributed by atoms with Crippen LogP contribution in [0.25, 0.3) is 16.8 Å². The van der Waals surface area contributed by atoms with Crippen LogP contribution in [0.2, 0.25) is 0 Å². The average molecular weight is 462 g/mol. The van der Waals surface area contributed by atoms with E-state index in [1.165, 1.54) is 18.2 Å². The SMILES string of the molecule is N#Cc1cn(-c2ccc(C(=O)O)cc2)cc1-c1ccccc1OCc1cccc(C(F)(F)F)c1. The summed E-state index contributed by atoms with van der Waals surface area (Å²) >= 11 is 0. The molecule has 3 aromatic carbocycles. The first-order valence-electron chi connectivity index (χ1n) is 10.1. The number of nitrogens with zero attached hydrogens (tertiary/aromatic N) is 2. The van der Waals surface area contributed by atoms with Gasteiger partial charge in [0.15, 0.2) is 0 Å². The van der Waals surface area contributed by atoms with Crippen LogP contribution in [-0.2, 0) is 12.8 Å². The molecular weight excluding hydrogens is 445 g/mol. The molecule has 4 rings (SSSR count). The van der Waals surface area contributed by atoms with Crippen LogP contribution >= 0.6 is 0 Å². The molecule has 0 saturated carbocycles. The lowest BCUT2D eigenvalue weighted by molar-refractivity contribution is -0.137. The van der Waals surface area contributed by atoms with E-state index in [4.69, 9.17) is 9.84 Å². The highest BCUT2D eigenvalue weighted by molar-refractivity contribution is 5.87. The number of ether oxygens (including phenoxy) is 1. The molecule has 0 aliphatic heterocycles. The normalized spacial score (nSPS) is 11.1. The third-order valence-electron chi connectivity index (χ3n) is 5.19. The topological polar surface area (TPSA) is 75.2 Å². The van der Waals surface area contributed by atoms with Gasteiger partial charge in [-0.05, 0) is 48.0 Å². The number of carbonyl (C=O) groups is 1. The number of alkyl halides is 3. The predicted molar refractivity (Wildman–Crippen MR) is 119 cm³/mol. The molecule has 1 aromatic heterocycles. The van der Waals surface area contributed by atoms with Gasteiger partial charge in [-0.2, -0.15) is 18.4 Å². The lowest BCUT2D eigenvalue weighted by atomic mass is 10.0. The molecule has 1 N–H and O–H groups in total. The third kappa shape index (κ3) is 4.79. The molecular formula is C26H17F3N2O3. The molecule has 0 amide bonds. The zero-order chi connectivity index (χ0) is 24.3. The van der Waals surface area contributed by atoms with Crippen LogP contribution in [0.3, 0.4) is 0 Å². The molecule has 170 valence electrons. The van der Waals surface area contributed by atoms with Gasteiger partial charge in [-0.3, -0.25) is 0 Å². The zero-order valence-electron chi connectivity index (χ0n) is 17.6. The number of nitriles is 1. The summed E-state index contributed by atoms with van der Waals surface area (Å²) in [5.74, 6) is -0.625. The van der Waals surface area contributed by atoms with E-state index in [0.29, 0.717) is 33.7 Å². The summed E-state index contributed by atoms with van der Waals surface area (Å²) in [6, 6.07) is 20.2. The molecule has 34 heavy (non-hydrogen) atoms. The molecule has 0 bridgehead atoms. The number of aromatic nitrogens is 1. The van der Waals surface area contributed by atoms with Gasteiger partial charge >= 0.3 is 12.1 Å². The summed E-state index contributed by atoms with van der Waals surface area (Å²) in [5.41, 5.74) is 1.95. The summed E-state index contributed by atoms with van der Waals surface area (Å²) in [6.45, 7) is -0.0832. The molecule has 0 aliphatic rings. The van der Waals surface area contributed by atoms with Crippen LogP contribution in [0.1, 0.15) is 27.0 Å². The van der Waals surface area contributed by atoms with Gasteiger partial charge in [0.25, 0.3) is 0 Å². The van der Waals surface area contributed by atoms with E-state index >= 15 is 0 Å². The molecule has 0 saturated heterocycles. The number of rotatable bonds is 6. The zero-order valence-corrected chi connectivity index (χ0v) is 17.6. The van der Waals surface area contributed by atoms with Crippen molar-refractivity contribution in [2.75, 3.05) is 0 Å². The van der Waals surface area contributed by atoms with Gasteiger partial charge in [-0.15, -0.1) is 0 Å². The Morgan fingerprint density at radius 3 is 2.38 bits per heavy atom. The Bertz CT molecular complexity index is 1380. The lowest BCUT2D eigenvalue weighted by Crippen LogP contribution is -2.06. The maximum atomic E-state index is 13.0. The van der Waals surface area contributed by atoms with Crippen molar-refractivity contribution in [1.82, 2.24) is 4.57 Å². The van der Waals surface area contributed by atoms with Gasteiger partial charge in [0, 0.05) is 29.2 Å². The van der Waals surface area contributed by atoms with Crippen LogP contribution in [0.5, 0.6) is 5.75 Å². The van der Waals surface area contributed by atoms with Gasteiger partial charge < -0.3 is 14.4 Å². The van der Waals surface area contributed by atoms with Crippen LogP contribution in [-0.4, -0.2) is 15.6 Å². The molecule has 8 heteroatoms. The largest absolute Gasteiger partial charge is 0.488 e. The van der Waals surface area contributed by atoms with Gasteiger partial charge in [0.05, 0.1) is 16.7 Å². The van der Waals surface area contributed by atoms with Gasteiger partial charge in [-0.1, -0.05) is 30.3 Å². The molecule has 0 radical (unpaired) electrons. The number of para-hydroxylation sites is 1. The molecule has 0 aliphatic carbocycles. The van der Waals surface area contributed by atoms with Gasteiger partial charge in [0.1, 0.15) is 18.4 Å². The average Bonchev–Trinajstić information content (AvgIpc) is 3.27. The fraction of sp³-hybridized carbons (Fsp3) is 0.0769. The molecule has 0 fully saturated rings. The second kappa shape index (κ2) is 9.16. The first kappa shape index (κ1) is 22.7. The van der Waals surface area contributed by atoms with Gasteiger partial charge in [0.2, 0.25) is 0 Å². The number of carboxylic acids is 1. The van der Waals surface area contributed by atoms with Crippen molar-refractivity contribution >= 4 is 5.97 Å². The van der Waals surface area contributed by atoms with Crippen molar-refractivity contribution < 1.29 is 27.8 Å². The molecule has 0 atom stereocenters. The fourth-order valence-electron chi connectivity index (χ4n) is 3.50. The summed E-state index contributed by atoms with van der Waals surface area (Å²) in [7, 11) is 0. The minimum atomic E-state index is -4.44. The van der Waals surface area contributed by atoms with Crippen LogP contribution in [0.15, 0.2) is 85.2 Å². The maximum absolute atomic E-state index is 13.0. The van der Waals surface area contributed by atoms with Crippen molar-refractivity contribution in [3.05, 3.63) is 107 Å². The van der Waals surface area contributed by atoms with Crippen molar-refractivity contribution in [3.8, 4) is 28.6 Å². The standard InChI is InChI=1S/C26H17F3N2O3/c27-26(28,29)20-5-3-4-17(12-20)16-34-24-7-2-1-6-22(24)23-15-31(14-19(23)13-30)21-10-8-18(9-11-21)25(32)33/h1-12,14-15H,16H2,(H,32,33). The van der Waals surface area contributed by atoms with E-state index in [2.05, 4.69) is 6.07 Å². The Balaban J connectivity index is 1.64. The fourth-order valence-corrected chi connectivity index (χ4v) is 3.50. The Morgan fingerprint density at radius 1 is 0.971 bits per heavy atom. The smallest absolute Gasteiger partial charge is 0.416 e. The molecule has 1 heterocycles. The molecule has 4 aromatic rings. The number of aromatic carboxylic acids is 1. The molecule has 0 spiro atoms. The Kier molecular flexibility index (Phi) is 6.11. The van der Waals surface area contributed by atoms with E-state index in [1.807, 2.05) is 0 Å². The summed E-state index contributed by atoms with van der Waals surface area (Å²) in [5, 5.41) is 18.8. The van der Waals surface area contributed by atoms with E-state index in [9.17, 15) is 23.2 Å². The summed E-state index contributed by atoms with van der Waals surface area (Å²) in [6.07, 6.45) is -1.10. The number of benzene rings is 3. The molecule has 5 nitrogen and oxygen atoms in total. The quantitative estimate of drug-likeness (QED) is 0.364. The Morgan fingerprint density at radius 2 is 1.71 bits per heavy atom. The highest BCUT2D eigenvalue weighted by Crippen LogP contribution is 2.35. The third-order valence-corrected chi connectivity index (χ3v) is 5.19. The van der Waals surface area contributed by atoms with Crippen molar-refractivity contribution in [2.24, 2.45) is 0 Å². The van der Waals surface area contributed by atoms with E-state index in [0.717, 1.165) is 12.1 Å². The highest BCUT2D eigenvalue weighted by Gasteiger charge is 2.30. The summed E-state index contributed by atoms with van der Waals surface area (Å²) in [4.78, 5) is 11.1. The van der Waals surface area contributed by atoms with Crippen LogP contribution in [0, 0.1) is 11.3 Å². The van der Waals surface area contributed by atoms with E-state index in [1.54, 1.807) is 59.4 Å². The maximum Gasteiger partial charge on any atom is 0.416 e. The van der Waals surface area contributed by atoms with Crippen molar-refractivity contribution in [2.45, 2.75) is 12.8 Å². The lowest BCUT2D eigenvalue weighted by Gasteiger charge is -2.13. The number of carboxylic acid groups (broad SMARTS) is 1. The first-order chi connectivity index (χ1) is 16.3. The second-order valence-electron chi connectivity index (χ2n) is 7.44. The minimum absolute atomic E-state index is 0.0832. The minimum Gasteiger partial charge on any atom is -0.488 e. The van der Waals surface area contributed by atoms with Crippen LogP contribution in [0.4, 0.5) is 13.2 Å². The van der Waals surface area contributed by atoms with Crippen molar-refractivity contribution in [1.29, 1.82) is 5.26 Å². The van der Waals surface area contributed by atoms with Crippen molar-refractivity contribution in [3.63, 3.8) is 0 Å².